The number of rotatable bonds is 2. The molecule has 0 saturated carbocycles. The molecule has 0 bridgehead atoms. The summed E-state index contributed by atoms with van der Waals surface area (Å²) >= 11 is 9.14. The molecule has 2 rings (SSSR count). The second-order valence-corrected chi connectivity index (χ2v) is 5.42. The van der Waals surface area contributed by atoms with Gasteiger partial charge in [0.2, 0.25) is 5.91 Å². The van der Waals surface area contributed by atoms with E-state index in [1.54, 1.807) is 0 Å². The van der Waals surface area contributed by atoms with Gasteiger partial charge in [-0.15, -0.1) is 12.3 Å². The zero-order valence-corrected chi connectivity index (χ0v) is 12.0. The van der Waals surface area contributed by atoms with Crippen LogP contribution in [0.1, 0.15) is 16.8 Å². The molecule has 4 nitrogen and oxygen atoms in total. The number of anilines is 1. The molecule has 1 unspecified atom stereocenters. The first kappa shape index (κ1) is 13.9. The predicted octanol–water partition coefficient (Wildman–Crippen LogP) is 2.79. The van der Waals surface area contributed by atoms with Crippen molar-refractivity contribution >= 4 is 45.1 Å². The van der Waals surface area contributed by atoms with Gasteiger partial charge in [-0.2, -0.15) is 0 Å². The van der Waals surface area contributed by atoms with Gasteiger partial charge in [0, 0.05) is 23.4 Å². The van der Waals surface area contributed by atoms with E-state index in [1.165, 1.54) is 17.0 Å². The Hall–Kier alpha value is -1.51. The van der Waals surface area contributed by atoms with Gasteiger partial charge >= 0.3 is 5.97 Å². The molecule has 0 aromatic heterocycles. The summed E-state index contributed by atoms with van der Waals surface area (Å²) in [5.41, 5.74) is 0.297. The van der Waals surface area contributed by atoms with Gasteiger partial charge in [0.25, 0.3) is 0 Å². The number of hydrogen-bond donors (Lipinski definition) is 1. The van der Waals surface area contributed by atoms with Crippen molar-refractivity contribution in [3.63, 3.8) is 0 Å². The smallest absolute Gasteiger partial charge is 0.337 e. The Morgan fingerprint density at radius 2 is 2.26 bits per heavy atom. The van der Waals surface area contributed by atoms with Crippen molar-refractivity contribution in [2.24, 2.45) is 5.92 Å². The first-order valence-electron chi connectivity index (χ1n) is 5.43. The van der Waals surface area contributed by atoms with Crippen molar-refractivity contribution in [3.8, 4) is 12.3 Å². The monoisotopic (exact) mass is 341 g/mol. The Balaban J connectivity index is 2.50. The second-order valence-electron chi connectivity index (χ2n) is 4.16. The molecule has 1 aromatic rings. The molecule has 0 aliphatic carbocycles. The molecule has 0 radical (unpaired) electrons. The Labute approximate surface area is 123 Å². The van der Waals surface area contributed by atoms with Crippen molar-refractivity contribution in [1.82, 2.24) is 0 Å². The molecule has 19 heavy (non-hydrogen) atoms. The van der Waals surface area contributed by atoms with Gasteiger partial charge in [-0.3, -0.25) is 4.79 Å². The number of terminal acetylenes is 1. The van der Waals surface area contributed by atoms with Crippen LogP contribution in [0.5, 0.6) is 0 Å². The average Bonchev–Trinajstić information content (AvgIpc) is 2.73. The topological polar surface area (TPSA) is 57.6 Å². The molecule has 6 heteroatoms. The number of nitrogens with zero attached hydrogens (tertiary/aromatic N) is 1. The zero-order valence-electron chi connectivity index (χ0n) is 9.69. The molecular formula is C13H9BrClNO3. The van der Waals surface area contributed by atoms with E-state index >= 15 is 0 Å². The highest BCUT2D eigenvalue weighted by Crippen LogP contribution is 2.34. The number of benzene rings is 1. The third kappa shape index (κ3) is 2.60. The van der Waals surface area contributed by atoms with Gasteiger partial charge < -0.3 is 10.0 Å². The average molecular weight is 343 g/mol. The normalized spacial score (nSPS) is 18.5. The lowest BCUT2D eigenvalue weighted by Crippen LogP contribution is -2.26. The maximum Gasteiger partial charge on any atom is 0.337 e. The molecule has 1 heterocycles. The Morgan fingerprint density at radius 3 is 2.79 bits per heavy atom. The summed E-state index contributed by atoms with van der Waals surface area (Å²) in [6.45, 7) is 0.313. The van der Waals surface area contributed by atoms with E-state index in [4.69, 9.17) is 18.0 Å². The number of hydrogen-bond acceptors (Lipinski definition) is 2. The minimum absolute atomic E-state index is 0.0160. The van der Waals surface area contributed by atoms with E-state index in [0.29, 0.717) is 16.0 Å². The van der Waals surface area contributed by atoms with Crippen molar-refractivity contribution in [2.75, 3.05) is 11.4 Å². The second kappa shape index (κ2) is 5.24. The fourth-order valence-electron chi connectivity index (χ4n) is 1.98. The maximum absolute atomic E-state index is 11.9. The molecule has 0 spiro atoms. The minimum atomic E-state index is -1.12. The lowest BCUT2D eigenvalue weighted by atomic mass is 10.1. The SMILES string of the molecule is C#CC1CC(=O)N(c2cc(Cl)c(Br)cc2C(=O)O)C1. The van der Waals surface area contributed by atoms with Crippen LogP contribution >= 0.6 is 27.5 Å². The molecule has 1 atom stereocenters. The van der Waals surface area contributed by atoms with Crippen LogP contribution in [0.3, 0.4) is 0 Å². The van der Waals surface area contributed by atoms with E-state index < -0.39 is 5.97 Å². The molecule has 98 valence electrons. The summed E-state index contributed by atoms with van der Waals surface area (Å²) in [5.74, 6) is 1.01. The fraction of sp³-hybridized carbons (Fsp3) is 0.231. The first-order valence-corrected chi connectivity index (χ1v) is 6.60. The van der Waals surface area contributed by atoms with Gasteiger partial charge in [-0.25, -0.2) is 4.79 Å². The van der Waals surface area contributed by atoms with E-state index in [2.05, 4.69) is 21.9 Å². The molecule has 1 aliphatic rings. The van der Waals surface area contributed by atoms with Crippen molar-refractivity contribution < 1.29 is 14.7 Å². The number of carbonyl (C=O) groups is 2. The Kier molecular flexibility index (Phi) is 3.83. The Bertz CT molecular complexity index is 609. The lowest BCUT2D eigenvalue weighted by Gasteiger charge is -2.19. The summed E-state index contributed by atoms with van der Waals surface area (Å²) in [6.07, 6.45) is 5.53. The van der Waals surface area contributed by atoms with E-state index in [0.717, 1.165) is 0 Å². The van der Waals surface area contributed by atoms with Gasteiger partial charge in [0.15, 0.2) is 0 Å². The molecule has 1 saturated heterocycles. The fourth-order valence-corrected chi connectivity index (χ4v) is 2.48. The molecular weight excluding hydrogens is 334 g/mol. The summed E-state index contributed by atoms with van der Waals surface area (Å²) in [6, 6.07) is 2.85. The molecule has 1 fully saturated rings. The standard InChI is InChI=1S/C13H9BrClNO3/c1-2-7-3-12(17)16(6-7)11-5-10(15)9(14)4-8(11)13(18)19/h1,4-5,7H,3,6H2,(H,18,19). The predicted molar refractivity (Wildman–Crippen MR) is 75.4 cm³/mol. The van der Waals surface area contributed by atoms with Crippen molar-refractivity contribution in [1.29, 1.82) is 0 Å². The lowest BCUT2D eigenvalue weighted by molar-refractivity contribution is -0.117. The third-order valence-electron chi connectivity index (χ3n) is 2.92. The van der Waals surface area contributed by atoms with Crippen LogP contribution in [0.15, 0.2) is 16.6 Å². The number of aromatic carboxylic acids is 1. The minimum Gasteiger partial charge on any atom is -0.478 e. The molecule has 1 aliphatic heterocycles. The van der Waals surface area contributed by atoms with Crippen LogP contribution in [-0.2, 0) is 4.79 Å². The molecule has 1 amide bonds. The first-order chi connectivity index (χ1) is 8.93. The Morgan fingerprint density at radius 1 is 1.58 bits per heavy atom. The summed E-state index contributed by atoms with van der Waals surface area (Å²) in [7, 11) is 0. The summed E-state index contributed by atoms with van der Waals surface area (Å²) < 4.78 is 0.468. The van der Waals surface area contributed by atoms with E-state index in [-0.39, 0.29) is 29.5 Å². The van der Waals surface area contributed by atoms with E-state index in [9.17, 15) is 14.7 Å². The number of carboxylic acid groups (broad SMARTS) is 1. The number of amides is 1. The number of carbonyl (C=O) groups excluding carboxylic acids is 1. The summed E-state index contributed by atoms with van der Waals surface area (Å²) in [4.78, 5) is 24.5. The van der Waals surface area contributed by atoms with Gasteiger partial charge in [0.05, 0.1) is 16.3 Å². The molecule has 1 aromatic carbocycles. The van der Waals surface area contributed by atoms with Crippen LogP contribution in [0.2, 0.25) is 5.02 Å². The summed E-state index contributed by atoms with van der Waals surface area (Å²) in [5, 5.41) is 9.55. The maximum atomic E-state index is 11.9. The third-order valence-corrected chi connectivity index (χ3v) is 4.12. The van der Waals surface area contributed by atoms with Crippen LogP contribution in [0.25, 0.3) is 0 Å². The number of halogens is 2. The highest BCUT2D eigenvalue weighted by Gasteiger charge is 2.32. The zero-order chi connectivity index (χ0) is 14.2. The number of carboxylic acids is 1. The van der Waals surface area contributed by atoms with Crippen LogP contribution in [0.4, 0.5) is 5.69 Å². The highest BCUT2D eigenvalue weighted by molar-refractivity contribution is 9.10. The largest absolute Gasteiger partial charge is 0.478 e. The van der Waals surface area contributed by atoms with Crippen LogP contribution in [0, 0.1) is 18.3 Å². The van der Waals surface area contributed by atoms with Crippen molar-refractivity contribution in [2.45, 2.75) is 6.42 Å². The van der Waals surface area contributed by atoms with Crippen LogP contribution < -0.4 is 4.90 Å². The quantitative estimate of drug-likeness (QED) is 0.841. The van der Waals surface area contributed by atoms with Gasteiger partial charge in [-0.05, 0) is 28.1 Å². The van der Waals surface area contributed by atoms with Crippen molar-refractivity contribution in [3.05, 3.63) is 27.2 Å². The highest BCUT2D eigenvalue weighted by atomic mass is 79.9. The van der Waals surface area contributed by atoms with Crippen LogP contribution in [-0.4, -0.2) is 23.5 Å². The van der Waals surface area contributed by atoms with E-state index in [1.807, 2.05) is 0 Å². The van der Waals surface area contributed by atoms with Gasteiger partial charge in [0.1, 0.15) is 0 Å². The molecule has 1 N–H and O–H groups in total. The van der Waals surface area contributed by atoms with Gasteiger partial charge in [-0.1, -0.05) is 11.6 Å².